The van der Waals surface area contributed by atoms with Gasteiger partial charge in [-0.25, -0.2) is 4.98 Å². The summed E-state index contributed by atoms with van der Waals surface area (Å²) >= 11 is 0. The molecule has 0 aliphatic rings. The second kappa shape index (κ2) is 6.58. The van der Waals surface area contributed by atoms with E-state index in [1.807, 2.05) is 25.5 Å². The van der Waals surface area contributed by atoms with Crippen LogP contribution in [0.1, 0.15) is 28.6 Å². The normalized spacial score (nSPS) is 12.3. The van der Waals surface area contributed by atoms with E-state index in [9.17, 15) is 0 Å². The molecule has 3 nitrogen and oxygen atoms in total. The van der Waals surface area contributed by atoms with Gasteiger partial charge in [0.15, 0.2) is 0 Å². The first-order chi connectivity index (χ1) is 10.7. The standard InChI is InChI=1S/C19H21N3/c1-15-8-10-16(11-9-15)14-21-18(17-6-4-3-5-7-17)19-20-12-13-22(19)2/h3-13,18,21H,14H2,1-2H3/t18-/m1/s1. The van der Waals surface area contributed by atoms with Crippen LogP contribution in [0.3, 0.4) is 0 Å². The van der Waals surface area contributed by atoms with Crippen LogP contribution in [0.4, 0.5) is 0 Å². The highest BCUT2D eigenvalue weighted by Gasteiger charge is 2.17. The van der Waals surface area contributed by atoms with Gasteiger partial charge in [-0.2, -0.15) is 0 Å². The second-order valence-electron chi connectivity index (χ2n) is 5.61. The smallest absolute Gasteiger partial charge is 0.130 e. The van der Waals surface area contributed by atoms with E-state index in [0.717, 1.165) is 12.4 Å². The van der Waals surface area contributed by atoms with E-state index in [4.69, 9.17) is 0 Å². The van der Waals surface area contributed by atoms with Crippen LogP contribution >= 0.6 is 0 Å². The molecule has 2 aromatic carbocycles. The summed E-state index contributed by atoms with van der Waals surface area (Å²) in [4.78, 5) is 4.52. The Labute approximate surface area is 131 Å². The molecule has 1 aromatic heterocycles. The molecule has 1 heterocycles. The fourth-order valence-corrected chi connectivity index (χ4v) is 2.58. The average molecular weight is 291 g/mol. The van der Waals surface area contributed by atoms with Gasteiger partial charge in [0.1, 0.15) is 5.82 Å². The van der Waals surface area contributed by atoms with Gasteiger partial charge in [-0.1, -0.05) is 60.2 Å². The summed E-state index contributed by atoms with van der Waals surface area (Å²) in [6.45, 7) is 2.92. The molecule has 3 rings (SSSR count). The van der Waals surface area contributed by atoms with Gasteiger partial charge in [-0.05, 0) is 18.1 Å². The molecule has 0 spiro atoms. The molecule has 22 heavy (non-hydrogen) atoms. The minimum atomic E-state index is 0.0857. The van der Waals surface area contributed by atoms with Crippen molar-refractivity contribution < 1.29 is 0 Å². The van der Waals surface area contributed by atoms with Gasteiger partial charge in [-0.15, -0.1) is 0 Å². The van der Waals surface area contributed by atoms with Gasteiger partial charge in [0, 0.05) is 26.0 Å². The quantitative estimate of drug-likeness (QED) is 0.778. The molecular formula is C19H21N3. The summed E-state index contributed by atoms with van der Waals surface area (Å²) in [7, 11) is 2.03. The maximum absolute atomic E-state index is 4.52. The van der Waals surface area contributed by atoms with Crippen LogP contribution in [0, 0.1) is 6.92 Å². The van der Waals surface area contributed by atoms with Crippen molar-refractivity contribution in [3.63, 3.8) is 0 Å². The molecule has 112 valence electrons. The Morgan fingerprint density at radius 3 is 2.41 bits per heavy atom. The molecule has 0 saturated carbocycles. The maximum Gasteiger partial charge on any atom is 0.130 e. The molecule has 1 atom stereocenters. The van der Waals surface area contributed by atoms with E-state index < -0.39 is 0 Å². The maximum atomic E-state index is 4.52. The predicted octanol–water partition coefficient (Wildman–Crippen LogP) is 3.61. The molecule has 0 aliphatic carbocycles. The highest BCUT2D eigenvalue weighted by Crippen LogP contribution is 2.20. The lowest BCUT2D eigenvalue weighted by atomic mass is 10.1. The van der Waals surface area contributed by atoms with Crippen LogP contribution in [0.5, 0.6) is 0 Å². The SMILES string of the molecule is Cc1ccc(CN[C@H](c2ccccc2)c2nccn2C)cc1. The molecule has 0 amide bonds. The Morgan fingerprint density at radius 1 is 1.05 bits per heavy atom. The zero-order valence-corrected chi connectivity index (χ0v) is 13.0. The largest absolute Gasteiger partial charge is 0.336 e. The van der Waals surface area contributed by atoms with Gasteiger partial charge >= 0.3 is 0 Å². The summed E-state index contributed by atoms with van der Waals surface area (Å²) in [5, 5.41) is 3.63. The zero-order valence-electron chi connectivity index (χ0n) is 13.0. The number of hydrogen-bond donors (Lipinski definition) is 1. The first kappa shape index (κ1) is 14.5. The van der Waals surface area contributed by atoms with Gasteiger partial charge in [0.05, 0.1) is 6.04 Å². The van der Waals surface area contributed by atoms with Crippen molar-refractivity contribution in [2.24, 2.45) is 7.05 Å². The molecule has 1 N–H and O–H groups in total. The van der Waals surface area contributed by atoms with Crippen LogP contribution in [0.15, 0.2) is 67.0 Å². The van der Waals surface area contributed by atoms with E-state index in [-0.39, 0.29) is 6.04 Å². The summed E-state index contributed by atoms with van der Waals surface area (Å²) in [6.07, 6.45) is 3.83. The molecular weight excluding hydrogens is 270 g/mol. The highest BCUT2D eigenvalue weighted by molar-refractivity contribution is 5.26. The molecule has 0 radical (unpaired) electrons. The van der Waals surface area contributed by atoms with Crippen molar-refractivity contribution in [1.82, 2.24) is 14.9 Å². The van der Waals surface area contributed by atoms with Crippen molar-refractivity contribution in [2.75, 3.05) is 0 Å². The minimum absolute atomic E-state index is 0.0857. The number of imidazole rings is 1. The monoisotopic (exact) mass is 291 g/mol. The lowest BCUT2D eigenvalue weighted by Gasteiger charge is -2.19. The first-order valence-corrected chi connectivity index (χ1v) is 7.55. The summed E-state index contributed by atoms with van der Waals surface area (Å²) in [5.74, 6) is 1.03. The van der Waals surface area contributed by atoms with Crippen LogP contribution in [-0.2, 0) is 13.6 Å². The van der Waals surface area contributed by atoms with E-state index in [1.54, 1.807) is 0 Å². The van der Waals surface area contributed by atoms with Crippen LogP contribution in [0.2, 0.25) is 0 Å². The molecule has 0 saturated heterocycles. The van der Waals surface area contributed by atoms with Crippen LogP contribution in [-0.4, -0.2) is 9.55 Å². The lowest BCUT2D eigenvalue weighted by Crippen LogP contribution is -2.24. The third-order valence-electron chi connectivity index (χ3n) is 3.88. The molecule has 0 bridgehead atoms. The predicted molar refractivity (Wildman–Crippen MR) is 89.5 cm³/mol. The number of nitrogens with one attached hydrogen (secondary N) is 1. The summed E-state index contributed by atoms with van der Waals surface area (Å²) in [6, 6.07) is 19.2. The highest BCUT2D eigenvalue weighted by atomic mass is 15.1. The summed E-state index contributed by atoms with van der Waals surface area (Å²) in [5.41, 5.74) is 3.79. The van der Waals surface area contributed by atoms with Gasteiger partial charge in [0.25, 0.3) is 0 Å². The van der Waals surface area contributed by atoms with Gasteiger partial charge < -0.3 is 4.57 Å². The van der Waals surface area contributed by atoms with Crippen LogP contribution in [0.25, 0.3) is 0 Å². The van der Waals surface area contributed by atoms with E-state index in [2.05, 4.69) is 70.3 Å². The Morgan fingerprint density at radius 2 is 1.77 bits per heavy atom. The van der Waals surface area contributed by atoms with Crippen molar-refractivity contribution >= 4 is 0 Å². The topological polar surface area (TPSA) is 29.9 Å². The number of rotatable bonds is 5. The van der Waals surface area contributed by atoms with Gasteiger partial charge in [-0.3, -0.25) is 5.32 Å². The number of aryl methyl sites for hydroxylation is 2. The third kappa shape index (κ3) is 3.26. The number of aromatic nitrogens is 2. The zero-order chi connectivity index (χ0) is 15.4. The van der Waals surface area contributed by atoms with E-state index >= 15 is 0 Å². The second-order valence-corrected chi connectivity index (χ2v) is 5.61. The molecule has 0 fully saturated rings. The molecule has 0 aliphatic heterocycles. The Hall–Kier alpha value is -2.39. The first-order valence-electron chi connectivity index (χ1n) is 7.55. The van der Waals surface area contributed by atoms with Crippen molar-refractivity contribution in [3.05, 3.63) is 89.5 Å². The summed E-state index contributed by atoms with van der Waals surface area (Å²) < 4.78 is 2.07. The molecule has 3 aromatic rings. The van der Waals surface area contributed by atoms with Crippen molar-refractivity contribution in [3.8, 4) is 0 Å². The third-order valence-corrected chi connectivity index (χ3v) is 3.88. The number of hydrogen-bond acceptors (Lipinski definition) is 2. The number of benzene rings is 2. The van der Waals surface area contributed by atoms with Gasteiger partial charge in [0.2, 0.25) is 0 Å². The Bertz CT molecular complexity index is 714. The van der Waals surface area contributed by atoms with Crippen molar-refractivity contribution in [2.45, 2.75) is 19.5 Å². The Kier molecular flexibility index (Phi) is 4.35. The fourth-order valence-electron chi connectivity index (χ4n) is 2.58. The van der Waals surface area contributed by atoms with E-state index in [1.165, 1.54) is 16.7 Å². The average Bonchev–Trinajstić information content (AvgIpc) is 2.97. The lowest BCUT2D eigenvalue weighted by molar-refractivity contribution is 0.558. The fraction of sp³-hybridized carbons (Fsp3) is 0.211. The van der Waals surface area contributed by atoms with Crippen molar-refractivity contribution in [1.29, 1.82) is 0 Å². The molecule has 0 unspecified atom stereocenters. The Balaban J connectivity index is 1.83. The number of nitrogens with zero attached hydrogens (tertiary/aromatic N) is 2. The van der Waals surface area contributed by atoms with E-state index in [0.29, 0.717) is 0 Å². The minimum Gasteiger partial charge on any atom is -0.336 e. The van der Waals surface area contributed by atoms with Crippen LogP contribution < -0.4 is 5.32 Å². The molecule has 3 heteroatoms.